The number of aromatic amines is 1. The van der Waals surface area contributed by atoms with Gasteiger partial charge < -0.3 is 4.74 Å². The number of hydrogen-bond donors (Lipinski definition) is 1. The summed E-state index contributed by atoms with van der Waals surface area (Å²) in [5.74, 6) is 1.97. The molecule has 0 bridgehead atoms. The standard InChI is InChI=1S/C25H31N7O3S2/c1-15(2)21-22(17-10-19(35-3)24-27-14-28-32(24)12-17)29-30-23(21)25-26-11-20(36-25)16-4-7-31(8-5-16)18-6-9-37(33,34)13-18/h10-12,14-16,18H,4-9,13H2,1-3H3,(H,29,30). The van der Waals surface area contributed by atoms with Crippen LogP contribution in [-0.2, 0) is 9.84 Å². The highest BCUT2D eigenvalue weighted by atomic mass is 32.2. The number of H-pyrrole nitrogens is 1. The van der Waals surface area contributed by atoms with Gasteiger partial charge in [-0.3, -0.25) is 10.00 Å². The van der Waals surface area contributed by atoms with Gasteiger partial charge in [-0.25, -0.2) is 22.9 Å². The minimum Gasteiger partial charge on any atom is -0.493 e. The molecule has 2 fully saturated rings. The van der Waals surface area contributed by atoms with E-state index in [0.717, 1.165) is 59.9 Å². The van der Waals surface area contributed by atoms with Crippen molar-refractivity contribution >= 4 is 26.8 Å². The first-order valence-electron chi connectivity index (χ1n) is 12.7. The van der Waals surface area contributed by atoms with Crippen LogP contribution >= 0.6 is 11.3 Å². The summed E-state index contributed by atoms with van der Waals surface area (Å²) < 4.78 is 31.1. The number of sulfone groups is 1. The lowest BCUT2D eigenvalue weighted by molar-refractivity contribution is 0.165. The molecule has 2 aliphatic rings. The Bertz CT molecular complexity index is 1530. The van der Waals surface area contributed by atoms with Gasteiger partial charge in [0.2, 0.25) is 0 Å². The molecule has 0 saturated carbocycles. The number of likely N-dealkylation sites (tertiary alicyclic amines) is 1. The summed E-state index contributed by atoms with van der Waals surface area (Å²) in [6.07, 6.45) is 8.28. The third-order valence-corrected chi connectivity index (χ3v) is 10.5. The van der Waals surface area contributed by atoms with Gasteiger partial charge in [0.1, 0.15) is 17.0 Å². The number of rotatable bonds is 6. The molecule has 0 radical (unpaired) electrons. The van der Waals surface area contributed by atoms with Gasteiger partial charge >= 0.3 is 0 Å². The molecule has 0 aromatic carbocycles. The van der Waals surface area contributed by atoms with Crippen LogP contribution < -0.4 is 4.74 Å². The molecule has 1 N–H and O–H groups in total. The number of methoxy groups -OCH3 is 1. The van der Waals surface area contributed by atoms with Gasteiger partial charge in [-0.15, -0.1) is 11.3 Å². The fraction of sp³-hybridized carbons (Fsp3) is 0.520. The number of hydrogen-bond acceptors (Lipinski definition) is 9. The van der Waals surface area contributed by atoms with Gasteiger partial charge in [-0.05, 0) is 50.3 Å². The minimum absolute atomic E-state index is 0.189. The van der Waals surface area contributed by atoms with Crippen LogP contribution in [0.5, 0.6) is 5.75 Å². The van der Waals surface area contributed by atoms with Crippen LogP contribution in [-0.4, -0.2) is 80.8 Å². The van der Waals surface area contributed by atoms with E-state index in [9.17, 15) is 8.42 Å². The largest absolute Gasteiger partial charge is 0.493 e. The molecule has 4 aromatic heterocycles. The number of ether oxygens (including phenoxy) is 1. The monoisotopic (exact) mass is 541 g/mol. The first-order valence-corrected chi connectivity index (χ1v) is 15.3. The number of pyridine rings is 1. The topological polar surface area (TPSA) is 118 Å². The molecule has 196 valence electrons. The molecule has 6 heterocycles. The van der Waals surface area contributed by atoms with E-state index in [1.807, 2.05) is 18.5 Å². The third kappa shape index (κ3) is 4.55. The molecule has 2 saturated heterocycles. The van der Waals surface area contributed by atoms with Crippen LogP contribution in [0.25, 0.3) is 27.6 Å². The molecule has 1 atom stereocenters. The van der Waals surface area contributed by atoms with Crippen molar-refractivity contribution in [1.29, 1.82) is 0 Å². The average molecular weight is 542 g/mol. The van der Waals surface area contributed by atoms with Crippen LogP contribution in [0.2, 0.25) is 0 Å². The number of fused-ring (bicyclic) bond motifs is 1. The highest BCUT2D eigenvalue weighted by molar-refractivity contribution is 7.91. The van der Waals surface area contributed by atoms with E-state index in [2.05, 4.69) is 33.9 Å². The molecular formula is C25H31N7O3S2. The van der Waals surface area contributed by atoms with Gasteiger partial charge in [0.25, 0.3) is 0 Å². The fourth-order valence-corrected chi connectivity index (χ4v) is 8.53. The summed E-state index contributed by atoms with van der Waals surface area (Å²) in [7, 11) is -1.22. The van der Waals surface area contributed by atoms with Gasteiger partial charge in [-0.2, -0.15) is 10.2 Å². The molecule has 1 unspecified atom stereocenters. The molecule has 4 aromatic rings. The van der Waals surface area contributed by atoms with Gasteiger partial charge in [0.15, 0.2) is 21.2 Å². The van der Waals surface area contributed by atoms with Crippen LogP contribution in [0.1, 0.15) is 55.4 Å². The lowest BCUT2D eigenvalue weighted by atomic mass is 9.94. The highest BCUT2D eigenvalue weighted by Gasteiger charge is 2.34. The molecular weight excluding hydrogens is 510 g/mol. The summed E-state index contributed by atoms with van der Waals surface area (Å²) in [5.41, 5.74) is 4.52. The molecule has 0 spiro atoms. The predicted molar refractivity (Wildman–Crippen MR) is 143 cm³/mol. The summed E-state index contributed by atoms with van der Waals surface area (Å²) in [6.45, 7) is 6.20. The Morgan fingerprint density at radius 1 is 1.19 bits per heavy atom. The van der Waals surface area contributed by atoms with Crippen molar-refractivity contribution in [2.45, 2.75) is 51.0 Å². The van der Waals surface area contributed by atoms with Crippen molar-refractivity contribution < 1.29 is 13.2 Å². The Morgan fingerprint density at radius 2 is 2.00 bits per heavy atom. The number of nitrogens with one attached hydrogen (secondary N) is 1. The summed E-state index contributed by atoms with van der Waals surface area (Å²) in [5, 5.41) is 13.2. The van der Waals surface area contributed by atoms with E-state index < -0.39 is 9.84 Å². The molecule has 0 amide bonds. The van der Waals surface area contributed by atoms with Gasteiger partial charge in [0, 0.05) is 34.4 Å². The van der Waals surface area contributed by atoms with E-state index >= 15 is 0 Å². The molecule has 37 heavy (non-hydrogen) atoms. The third-order valence-electron chi connectivity index (χ3n) is 7.61. The number of piperidine rings is 1. The minimum atomic E-state index is -2.85. The van der Waals surface area contributed by atoms with Crippen LogP contribution in [0.3, 0.4) is 0 Å². The van der Waals surface area contributed by atoms with E-state index in [1.54, 1.807) is 23.0 Å². The Hall–Kier alpha value is -2.83. The van der Waals surface area contributed by atoms with Crippen molar-refractivity contribution in [3.8, 4) is 27.7 Å². The normalized spacial score (nSPS) is 20.8. The van der Waals surface area contributed by atoms with Crippen LogP contribution in [0, 0.1) is 0 Å². The van der Waals surface area contributed by atoms with Crippen molar-refractivity contribution in [1.82, 2.24) is 34.7 Å². The van der Waals surface area contributed by atoms with Crippen molar-refractivity contribution in [2.24, 2.45) is 0 Å². The SMILES string of the molecule is COc1cc(-c2[nH]nc(-c3ncc(C4CCN(C5CCS(=O)(=O)C5)CC4)s3)c2C(C)C)cn2ncnc12. The first-order chi connectivity index (χ1) is 17.8. The lowest BCUT2D eigenvalue weighted by Crippen LogP contribution is -2.41. The highest BCUT2D eigenvalue weighted by Crippen LogP contribution is 2.41. The van der Waals surface area contributed by atoms with E-state index in [4.69, 9.17) is 14.8 Å². The van der Waals surface area contributed by atoms with E-state index in [1.165, 1.54) is 11.2 Å². The summed E-state index contributed by atoms with van der Waals surface area (Å²) in [6, 6.07) is 2.15. The molecule has 6 rings (SSSR count). The number of nitrogens with zero attached hydrogens (tertiary/aromatic N) is 6. The summed E-state index contributed by atoms with van der Waals surface area (Å²) >= 11 is 1.72. The Labute approximate surface area is 220 Å². The smallest absolute Gasteiger partial charge is 0.197 e. The second-order valence-electron chi connectivity index (χ2n) is 10.3. The maximum absolute atomic E-state index is 11.9. The zero-order valence-corrected chi connectivity index (χ0v) is 22.8. The Balaban J connectivity index is 1.24. The number of aromatic nitrogens is 6. The summed E-state index contributed by atoms with van der Waals surface area (Å²) in [4.78, 5) is 12.7. The molecule has 0 aliphatic carbocycles. The molecule has 12 heteroatoms. The second-order valence-corrected chi connectivity index (χ2v) is 13.6. The van der Waals surface area contributed by atoms with E-state index in [-0.39, 0.29) is 12.0 Å². The quantitative estimate of drug-likeness (QED) is 0.392. The van der Waals surface area contributed by atoms with Crippen molar-refractivity contribution in [2.75, 3.05) is 31.7 Å². The zero-order valence-electron chi connectivity index (χ0n) is 21.2. The average Bonchev–Trinajstić information content (AvgIpc) is 3.68. The molecule has 2 aliphatic heterocycles. The first kappa shape index (κ1) is 24.5. The second kappa shape index (κ2) is 9.48. The van der Waals surface area contributed by atoms with Crippen molar-refractivity contribution in [3.05, 3.63) is 35.2 Å². The Morgan fingerprint density at radius 3 is 2.70 bits per heavy atom. The maximum atomic E-state index is 11.9. The molecule has 10 nitrogen and oxygen atoms in total. The maximum Gasteiger partial charge on any atom is 0.197 e. The number of thiazole rings is 1. The Kier molecular flexibility index (Phi) is 6.28. The zero-order chi connectivity index (χ0) is 25.7. The van der Waals surface area contributed by atoms with Crippen LogP contribution in [0.4, 0.5) is 0 Å². The van der Waals surface area contributed by atoms with Gasteiger partial charge in [0.05, 0.1) is 24.3 Å². The fourth-order valence-electron chi connectivity index (χ4n) is 5.68. The van der Waals surface area contributed by atoms with E-state index in [0.29, 0.717) is 28.8 Å². The predicted octanol–water partition coefficient (Wildman–Crippen LogP) is 3.74. The van der Waals surface area contributed by atoms with Gasteiger partial charge in [-0.1, -0.05) is 13.8 Å². The lowest BCUT2D eigenvalue weighted by Gasteiger charge is -2.35. The van der Waals surface area contributed by atoms with Crippen LogP contribution in [0.15, 0.2) is 24.8 Å². The van der Waals surface area contributed by atoms with Crippen molar-refractivity contribution in [3.63, 3.8) is 0 Å².